The van der Waals surface area contributed by atoms with Gasteiger partial charge in [0.05, 0.1) is 11.4 Å². The van der Waals surface area contributed by atoms with E-state index in [1.165, 1.54) is 6.07 Å². The van der Waals surface area contributed by atoms with E-state index < -0.39 is 10.0 Å². The van der Waals surface area contributed by atoms with Gasteiger partial charge in [-0.1, -0.05) is 0 Å². The third-order valence-corrected chi connectivity index (χ3v) is 4.56. The summed E-state index contributed by atoms with van der Waals surface area (Å²) >= 11 is 0. The lowest BCUT2D eigenvalue weighted by Crippen LogP contribution is -2.15. The number of aryl methyl sites for hydroxylation is 1. The van der Waals surface area contributed by atoms with Crippen LogP contribution >= 0.6 is 0 Å². The Hall–Kier alpha value is -1.86. The van der Waals surface area contributed by atoms with Gasteiger partial charge in [0.25, 0.3) is 0 Å². The molecular weight excluding hydrogens is 290 g/mol. The highest BCUT2D eigenvalue weighted by Crippen LogP contribution is 2.26. The maximum Gasteiger partial charge on any atom is 0.238 e. The standard InChI is InChI=1S/C14H19N3O3S/c1-10-11(2)14(21(15,18)19)5-4-13(10)20-9-8-17-7-6-16-12(17)3/h4-7H,8-9H2,1-3H3,(H2,15,18,19). The van der Waals surface area contributed by atoms with E-state index in [-0.39, 0.29) is 4.90 Å². The average molecular weight is 309 g/mol. The second-order valence-corrected chi connectivity index (χ2v) is 6.40. The molecule has 6 nitrogen and oxygen atoms in total. The predicted octanol–water partition coefficient (Wildman–Crippen LogP) is 1.53. The molecule has 1 aromatic heterocycles. The van der Waals surface area contributed by atoms with Crippen LogP contribution < -0.4 is 9.88 Å². The summed E-state index contributed by atoms with van der Waals surface area (Å²) in [6.45, 7) is 6.63. The monoisotopic (exact) mass is 309 g/mol. The molecule has 0 atom stereocenters. The van der Waals surface area contributed by atoms with E-state index >= 15 is 0 Å². The minimum absolute atomic E-state index is 0.137. The summed E-state index contributed by atoms with van der Waals surface area (Å²) in [6.07, 6.45) is 3.63. The van der Waals surface area contributed by atoms with Crippen LogP contribution in [0.2, 0.25) is 0 Å². The van der Waals surface area contributed by atoms with E-state index in [1.807, 2.05) is 24.6 Å². The Labute approximate surface area is 124 Å². The fraction of sp³-hybridized carbons (Fsp3) is 0.357. The van der Waals surface area contributed by atoms with Crippen molar-refractivity contribution in [2.45, 2.75) is 32.2 Å². The fourth-order valence-electron chi connectivity index (χ4n) is 2.13. The molecule has 0 aliphatic heterocycles. The van der Waals surface area contributed by atoms with Gasteiger partial charge in [-0.05, 0) is 44.0 Å². The van der Waals surface area contributed by atoms with Crippen molar-refractivity contribution in [3.05, 3.63) is 41.5 Å². The number of rotatable bonds is 5. The second kappa shape index (κ2) is 5.87. The SMILES string of the molecule is Cc1c(OCCn2ccnc2C)ccc(S(N)(=O)=O)c1C. The Morgan fingerprint density at radius 2 is 1.95 bits per heavy atom. The van der Waals surface area contributed by atoms with Crippen molar-refractivity contribution < 1.29 is 13.2 Å². The molecule has 2 aromatic rings. The average Bonchev–Trinajstić information content (AvgIpc) is 2.79. The first-order valence-corrected chi connectivity index (χ1v) is 8.09. The topological polar surface area (TPSA) is 87.2 Å². The fourth-order valence-corrected chi connectivity index (χ4v) is 2.97. The lowest BCUT2D eigenvalue weighted by atomic mass is 10.1. The van der Waals surface area contributed by atoms with Gasteiger partial charge in [-0.3, -0.25) is 0 Å². The Morgan fingerprint density at radius 3 is 2.52 bits per heavy atom. The highest BCUT2D eigenvalue weighted by Gasteiger charge is 2.15. The van der Waals surface area contributed by atoms with Crippen LogP contribution in [-0.2, 0) is 16.6 Å². The zero-order valence-electron chi connectivity index (χ0n) is 12.3. The summed E-state index contributed by atoms with van der Waals surface area (Å²) in [5, 5.41) is 5.18. The molecule has 0 amide bonds. The molecule has 0 radical (unpaired) electrons. The van der Waals surface area contributed by atoms with Gasteiger partial charge in [0, 0.05) is 12.4 Å². The van der Waals surface area contributed by atoms with Crippen LogP contribution in [0.5, 0.6) is 5.75 Å². The molecule has 0 aliphatic rings. The number of hydrogen-bond acceptors (Lipinski definition) is 4. The maximum atomic E-state index is 11.5. The molecular formula is C14H19N3O3S. The molecule has 1 heterocycles. The Bertz CT molecular complexity index is 751. The normalized spacial score (nSPS) is 11.6. The Morgan fingerprint density at radius 1 is 1.24 bits per heavy atom. The van der Waals surface area contributed by atoms with Crippen LogP contribution in [0.25, 0.3) is 0 Å². The molecule has 0 bridgehead atoms. The van der Waals surface area contributed by atoms with Gasteiger partial charge in [-0.15, -0.1) is 0 Å². The zero-order valence-corrected chi connectivity index (χ0v) is 13.1. The minimum atomic E-state index is -3.70. The largest absolute Gasteiger partial charge is 0.491 e. The molecule has 2 rings (SSSR count). The van der Waals surface area contributed by atoms with Crippen molar-refractivity contribution in [2.75, 3.05) is 6.61 Å². The molecule has 2 N–H and O–H groups in total. The summed E-state index contributed by atoms with van der Waals surface area (Å²) < 4.78 is 30.6. The number of ether oxygens (including phenoxy) is 1. The number of imidazole rings is 1. The lowest BCUT2D eigenvalue weighted by Gasteiger charge is -2.14. The summed E-state index contributed by atoms with van der Waals surface area (Å²) in [5.74, 6) is 1.59. The van der Waals surface area contributed by atoms with Crippen molar-refractivity contribution in [3.63, 3.8) is 0 Å². The third kappa shape index (κ3) is 3.43. The van der Waals surface area contributed by atoms with E-state index in [1.54, 1.807) is 19.2 Å². The zero-order chi connectivity index (χ0) is 15.6. The number of benzene rings is 1. The molecule has 0 fully saturated rings. The number of nitrogens with two attached hydrogens (primary N) is 1. The minimum Gasteiger partial charge on any atom is -0.491 e. The number of sulfonamides is 1. The molecule has 114 valence electrons. The highest BCUT2D eigenvalue weighted by molar-refractivity contribution is 7.89. The van der Waals surface area contributed by atoms with Crippen LogP contribution in [-0.4, -0.2) is 24.6 Å². The Kier molecular flexibility index (Phi) is 4.34. The maximum absolute atomic E-state index is 11.5. The number of aromatic nitrogens is 2. The first-order chi connectivity index (χ1) is 9.80. The van der Waals surface area contributed by atoms with E-state index in [2.05, 4.69) is 4.98 Å². The molecule has 0 aliphatic carbocycles. The van der Waals surface area contributed by atoms with Crippen LogP contribution in [0.3, 0.4) is 0 Å². The van der Waals surface area contributed by atoms with E-state index in [9.17, 15) is 8.42 Å². The van der Waals surface area contributed by atoms with Gasteiger partial charge in [0.2, 0.25) is 10.0 Å². The van der Waals surface area contributed by atoms with Crippen LogP contribution in [0.1, 0.15) is 17.0 Å². The smallest absolute Gasteiger partial charge is 0.238 e. The van der Waals surface area contributed by atoms with Crippen molar-refractivity contribution in [3.8, 4) is 5.75 Å². The van der Waals surface area contributed by atoms with E-state index in [0.717, 1.165) is 11.4 Å². The second-order valence-electron chi connectivity index (χ2n) is 4.87. The first kappa shape index (κ1) is 15.5. The van der Waals surface area contributed by atoms with Gasteiger partial charge in [0.1, 0.15) is 18.2 Å². The lowest BCUT2D eigenvalue weighted by molar-refractivity contribution is 0.294. The molecule has 21 heavy (non-hydrogen) atoms. The predicted molar refractivity (Wildman–Crippen MR) is 79.7 cm³/mol. The number of nitrogens with zero attached hydrogens (tertiary/aromatic N) is 2. The summed E-state index contributed by atoms with van der Waals surface area (Å²) in [4.78, 5) is 4.28. The number of primary sulfonamides is 1. The van der Waals surface area contributed by atoms with Crippen molar-refractivity contribution in [1.82, 2.24) is 9.55 Å². The van der Waals surface area contributed by atoms with Crippen molar-refractivity contribution in [1.29, 1.82) is 0 Å². The molecule has 0 spiro atoms. The van der Waals surface area contributed by atoms with Crippen LogP contribution in [0.4, 0.5) is 0 Å². The molecule has 0 saturated heterocycles. The Balaban J connectivity index is 2.12. The van der Waals surface area contributed by atoms with Gasteiger partial charge >= 0.3 is 0 Å². The summed E-state index contributed by atoms with van der Waals surface area (Å²) in [5.41, 5.74) is 1.40. The van der Waals surface area contributed by atoms with Crippen molar-refractivity contribution >= 4 is 10.0 Å². The quantitative estimate of drug-likeness (QED) is 0.907. The molecule has 0 saturated carbocycles. The first-order valence-electron chi connectivity index (χ1n) is 6.54. The van der Waals surface area contributed by atoms with E-state index in [0.29, 0.717) is 24.5 Å². The van der Waals surface area contributed by atoms with Gasteiger partial charge < -0.3 is 9.30 Å². The summed E-state index contributed by atoms with van der Waals surface area (Å²) in [6, 6.07) is 3.12. The van der Waals surface area contributed by atoms with Gasteiger partial charge in [-0.2, -0.15) is 0 Å². The third-order valence-electron chi connectivity index (χ3n) is 3.51. The molecule has 7 heteroatoms. The molecule has 0 unspecified atom stereocenters. The molecule has 1 aromatic carbocycles. The van der Waals surface area contributed by atoms with Gasteiger partial charge in [-0.25, -0.2) is 18.5 Å². The van der Waals surface area contributed by atoms with Crippen molar-refractivity contribution in [2.24, 2.45) is 5.14 Å². The number of hydrogen-bond donors (Lipinski definition) is 1. The van der Waals surface area contributed by atoms with E-state index in [4.69, 9.17) is 9.88 Å². The van der Waals surface area contributed by atoms with Crippen LogP contribution in [0, 0.1) is 20.8 Å². The van der Waals surface area contributed by atoms with Crippen LogP contribution in [0.15, 0.2) is 29.4 Å². The highest BCUT2D eigenvalue weighted by atomic mass is 32.2. The summed E-state index contributed by atoms with van der Waals surface area (Å²) in [7, 11) is -3.70. The van der Waals surface area contributed by atoms with Gasteiger partial charge in [0.15, 0.2) is 0 Å².